The summed E-state index contributed by atoms with van der Waals surface area (Å²) in [5.74, 6) is 0.784. The summed E-state index contributed by atoms with van der Waals surface area (Å²) in [6.45, 7) is 0.716. The van der Waals surface area contributed by atoms with E-state index >= 15 is 0 Å². The molecule has 3 heteroatoms. The summed E-state index contributed by atoms with van der Waals surface area (Å²) in [6, 6.07) is 7.68. The third-order valence-electron chi connectivity index (χ3n) is 2.14. The molecule has 0 spiro atoms. The summed E-state index contributed by atoms with van der Waals surface area (Å²) in [6.07, 6.45) is 3.52. The van der Waals surface area contributed by atoms with Crippen LogP contribution < -0.4 is 0 Å². The molecule has 1 aromatic heterocycles. The molecule has 0 N–H and O–H groups in total. The average molecular weight is 186 g/mol. The van der Waals surface area contributed by atoms with Crippen LogP contribution in [0.3, 0.4) is 0 Å². The van der Waals surface area contributed by atoms with E-state index in [1.807, 2.05) is 18.2 Å². The van der Waals surface area contributed by atoms with Gasteiger partial charge in [0.25, 0.3) is 0 Å². The van der Waals surface area contributed by atoms with Crippen molar-refractivity contribution in [3.63, 3.8) is 0 Å². The molecule has 0 saturated carbocycles. The van der Waals surface area contributed by atoms with Gasteiger partial charge >= 0.3 is 0 Å². The molecule has 0 radical (unpaired) electrons. The Bertz CT molecular complexity index is 381. The van der Waals surface area contributed by atoms with Crippen LogP contribution in [0.25, 0.3) is 5.57 Å². The van der Waals surface area contributed by atoms with Crippen molar-refractivity contribution in [3.8, 4) is 6.07 Å². The highest BCUT2D eigenvalue weighted by Gasteiger charge is 2.15. The SMILES string of the molecule is N#C/C(=C1\CCCO1)c1ccccn1. The number of ether oxygens (including phenoxy) is 1. The van der Waals surface area contributed by atoms with E-state index in [-0.39, 0.29) is 0 Å². The lowest BCUT2D eigenvalue weighted by atomic mass is 10.1. The Morgan fingerprint density at radius 2 is 2.43 bits per heavy atom. The molecule has 3 nitrogen and oxygen atoms in total. The Labute approximate surface area is 82.7 Å². The fraction of sp³-hybridized carbons (Fsp3) is 0.273. The molecule has 70 valence electrons. The van der Waals surface area contributed by atoms with Crippen molar-refractivity contribution < 1.29 is 4.74 Å². The van der Waals surface area contributed by atoms with Crippen LogP contribution in [-0.2, 0) is 4.74 Å². The Morgan fingerprint density at radius 1 is 1.50 bits per heavy atom. The summed E-state index contributed by atoms with van der Waals surface area (Å²) < 4.78 is 5.38. The maximum atomic E-state index is 9.01. The molecule has 14 heavy (non-hydrogen) atoms. The Hall–Kier alpha value is -1.82. The van der Waals surface area contributed by atoms with E-state index < -0.39 is 0 Å². The Kier molecular flexibility index (Phi) is 2.46. The van der Waals surface area contributed by atoms with Gasteiger partial charge in [0.2, 0.25) is 0 Å². The first-order valence-corrected chi connectivity index (χ1v) is 4.59. The van der Waals surface area contributed by atoms with E-state index in [1.54, 1.807) is 6.20 Å². The molecule has 2 heterocycles. The topological polar surface area (TPSA) is 45.9 Å². The van der Waals surface area contributed by atoms with Gasteiger partial charge in [-0.05, 0) is 18.6 Å². The molecule has 0 amide bonds. The Morgan fingerprint density at radius 3 is 3.00 bits per heavy atom. The van der Waals surface area contributed by atoms with E-state index in [0.717, 1.165) is 18.6 Å². The highest BCUT2D eigenvalue weighted by molar-refractivity contribution is 5.76. The van der Waals surface area contributed by atoms with Crippen molar-refractivity contribution in [2.45, 2.75) is 12.8 Å². The summed E-state index contributed by atoms with van der Waals surface area (Å²) in [5.41, 5.74) is 1.27. The molecule has 1 aliphatic heterocycles. The van der Waals surface area contributed by atoms with Gasteiger partial charge in [-0.15, -0.1) is 0 Å². The van der Waals surface area contributed by atoms with Crippen LogP contribution in [-0.4, -0.2) is 11.6 Å². The summed E-state index contributed by atoms with van der Waals surface area (Å²) in [5, 5.41) is 9.01. The van der Waals surface area contributed by atoms with Crippen LogP contribution in [0.4, 0.5) is 0 Å². The third-order valence-corrected chi connectivity index (χ3v) is 2.14. The number of pyridine rings is 1. The van der Waals surface area contributed by atoms with Crippen molar-refractivity contribution in [1.29, 1.82) is 5.26 Å². The van der Waals surface area contributed by atoms with Crippen molar-refractivity contribution in [2.24, 2.45) is 0 Å². The van der Waals surface area contributed by atoms with Crippen LogP contribution in [0, 0.1) is 11.3 Å². The second kappa shape index (κ2) is 3.93. The zero-order valence-corrected chi connectivity index (χ0v) is 7.73. The van der Waals surface area contributed by atoms with E-state index in [2.05, 4.69) is 11.1 Å². The van der Waals surface area contributed by atoms with Gasteiger partial charge in [0.05, 0.1) is 12.3 Å². The van der Waals surface area contributed by atoms with Gasteiger partial charge in [0.1, 0.15) is 17.4 Å². The van der Waals surface area contributed by atoms with Gasteiger partial charge in [-0.2, -0.15) is 5.26 Å². The molecule has 1 saturated heterocycles. The number of hydrogen-bond donors (Lipinski definition) is 0. The minimum absolute atomic E-state index is 0.572. The fourth-order valence-corrected chi connectivity index (χ4v) is 1.47. The van der Waals surface area contributed by atoms with Crippen LogP contribution in [0.1, 0.15) is 18.5 Å². The predicted octanol–water partition coefficient (Wildman–Crippen LogP) is 2.13. The zero-order chi connectivity index (χ0) is 9.80. The number of aromatic nitrogens is 1. The lowest BCUT2D eigenvalue weighted by Gasteiger charge is -2.02. The molecule has 1 aromatic rings. The average Bonchev–Trinajstić information content (AvgIpc) is 2.74. The molecule has 0 atom stereocenters. The number of nitriles is 1. The van der Waals surface area contributed by atoms with Crippen LogP contribution >= 0.6 is 0 Å². The highest BCUT2D eigenvalue weighted by Crippen LogP contribution is 2.25. The predicted molar refractivity (Wildman–Crippen MR) is 52.0 cm³/mol. The molecule has 2 rings (SSSR count). The smallest absolute Gasteiger partial charge is 0.116 e. The van der Waals surface area contributed by atoms with Gasteiger partial charge in [-0.25, -0.2) is 0 Å². The van der Waals surface area contributed by atoms with Gasteiger partial charge in [-0.1, -0.05) is 6.07 Å². The molecule has 0 unspecified atom stereocenters. The largest absolute Gasteiger partial charge is 0.496 e. The van der Waals surface area contributed by atoms with Crippen molar-refractivity contribution in [2.75, 3.05) is 6.61 Å². The number of allylic oxidation sites excluding steroid dienone is 2. The minimum atomic E-state index is 0.572. The number of nitrogens with zero attached hydrogens (tertiary/aromatic N) is 2. The maximum Gasteiger partial charge on any atom is 0.116 e. The van der Waals surface area contributed by atoms with Crippen molar-refractivity contribution in [3.05, 3.63) is 35.8 Å². The van der Waals surface area contributed by atoms with Gasteiger partial charge in [0, 0.05) is 12.6 Å². The van der Waals surface area contributed by atoms with Gasteiger partial charge in [0.15, 0.2) is 0 Å². The molecule has 1 fully saturated rings. The second-order valence-corrected chi connectivity index (χ2v) is 3.08. The molecule has 0 aromatic carbocycles. The number of hydrogen-bond acceptors (Lipinski definition) is 3. The highest BCUT2D eigenvalue weighted by atomic mass is 16.5. The zero-order valence-electron chi connectivity index (χ0n) is 7.73. The van der Waals surface area contributed by atoms with E-state index in [1.165, 1.54) is 0 Å². The van der Waals surface area contributed by atoms with E-state index in [0.29, 0.717) is 17.9 Å². The van der Waals surface area contributed by atoms with Crippen molar-refractivity contribution in [1.82, 2.24) is 4.98 Å². The van der Waals surface area contributed by atoms with Crippen LogP contribution in [0.5, 0.6) is 0 Å². The summed E-state index contributed by atoms with van der Waals surface area (Å²) >= 11 is 0. The first-order valence-electron chi connectivity index (χ1n) is 4.59. The maximum absolute atomic E-state index is 9.01. The fourth-order valence-electron chi connectivity index (χ4n) is 1.47. The summed E-state index contributed by atoms with van der Waals surface area (Å²) in [7, 11) is 0. The minimum Gasteiger partial charge on any atom is -0.496 e. The molecule has 1 aliphatic rings. The van der Waals surface area contributed by atoms with Crippen LogP contribution in [0.15, 0.2) is 30.2 Å². The van der Waals surface area contributed by atoms with E-state index in [9.17, 15) is 0 Å². The molecular formula is C11H10N2O. The Balaban J connectivity index is 2.40. The lowest BCUT2D eigenvalue weighted by molar-refractivity contribution is 0.265. The standard InChI is InChI=1S/C11H10N2O/c12-8-9(11-5-3-7-14-11)10-4-1-2-6-13-10/h1-2,4,6H,3,5,7H2/b11-9-. The summed E-state index contributed by atoms with van der Waals surface area (Å²) in [4.78, 5) is 4.13. The molecular weight excluding hydrogens is 176 g/mol. The van der Waals surface area contributed by atoms with Gasteiger partial charge in [-0.3, -0.25) is 4.98 Å². The first-order chi connectivity index (χ1) is 6.92. The quantitative estimate of drug-likeness (QED) is 0.631. The third kappa shape index (κ3) is 1.60. The second-order valence-electron chi connectivity index (χ2n) is 3.08. The molecule has 0 bridgehead atoms. The van der Waals surface area contributed by atoms with Crippen molar-refractivity contribution >= 4 is 5.57 Å². The van der Waals surface area contributed by atoms with Gasteiger partial charge < -0.3 is 4.74 Å². The monoisotopic (exact) mass is 186 g/mol. The van der Waals surface area contributed by atoms with Crippen LogP contribution in [0.2, 0.25) is 0 Å². The normalized spacial score (nSPS) is 18.5. The first kappa shape index (κ1) is 8.76. The number of rotatable bonds is 1. The molecule has 0 aliphatic carbocycles. The lowest BCUT2D eigenvalue weighted by Crippen LogP contribution is -1.91. The van der Waals surface area contributed by atoms with E-state index in [4.69, 9.17) is 10.00 Å².